The summed E-state index contributed by atoms with van der Waals surface area (Å²) >= 11 is 0. The number of nitrogens with one attached hydrogen (secondary N) is 3. The molecule has 1 atom stereocenters. The van der Waals surface area contributed by atoms with E-state index in [9.17, 15) is 19.2 Å². The Morgan fingerprint density at radius 2 is 1.91 bits per heavy atom. The Labute approximate surface area is 198 Å². The number of hydrogen-bond donors (Lipinski definition) is 3. The van der Waals surface area contributed by atoms with Crippen LogP contribution in [-0.4, -0.2) is 47.0 Å². The van der Waals surface area contributed by atoms with Gasteiger partial charge in [-0.3, -0.25) is 29.4 Å². The Morgan fingerprint density at radius 3 is 2.62 bits per heavy atom. The quantitative estimate of drug-likeness (QED) is 0.381. The second-order valence-corrected chi connectivity index (χ2v) is 8.14. The molecular formula is C26H30N4O4. The highest BCUT2D eigenvalue weighted by Gasteiger charge is 2.30. The van der Waals surface area contributed by atoms with Crippen LogP contribution in [0.1, 0.15) is 58.7 Å². The number of carbonyl (C=O) groups excluding carboxylic acids is 4. The van der Waals surface area contributed by atoms with Gasteiger partial charge in [0.1, 0.15) is 12.0 Å². The van der Waals surface area contributed by atoms with Crippen LogP contribution in [-0.2, 0) is 16.1 Å². The van der Waals surface area contributed by atoms with Crippen molar-refractivity contribution in [2.75, 3.05) is 12.4 Å². The predicted molar refractivity (Wildman–Crippen MR) is 132 cm³/mol. The molecule has 2 aromatic carbocycles. The van der Waals surface area contributed by atoms with E-state index in [2.05, 4.69) is 15.6 Å². The summed E-state index contributed by atoms with van der Waals surface area (Å²) in [6, 6.07) is 12.3. The van der Waals surface area contributed by atoms with E-state index in [0.717, 1.165) is 22.8 Å². The van der Waals surface area contributed by atoms with Gasteiger partial charge in [-0.1, -0.05) is 26.0 Å². The fourth-order valence-corrected chi connectivity index (χ4v) is 3.98. The number of amides is 3. The van der Waals surface area contributed by atoms with Crippen LogP contribution < -0.4 is 10.6 Å². The first kappa shape index (κ1) is 24.9. The molecule has 0 aliphatic carbocycles. The first-order valence-corrected chi connectivity index (χ1v) is 11.4. The van der Waals surface area contributed by atoms with Crippen molar-refractivity contribution in [1.82, 2.24) is 15.2 Å². The average molecular weight is 463 g/mol. The highest BCUT2D eigenvalue weighted by molar-refractivity contribution is 6.06. The molecule has 0 spiro atoms. The summed E-state index contributed by atoms with van der Waals surface area (Å²) in [6.07, 6.45) is 1.45. The van der Waals surface area contributed by atoms with Crippen LogP contribution in [0.4, 0.5) is 5.69 Å². The van der Waals surface area contributed by atoms with E-state index in [-0.39, 0.29) is 24.1 Å². The second-order valence-electron chi connectivity index (χ2n) is 8.14. The number of piperidine rings is 1. The highest BCUT2D eigenvalue weighted by atomic mass is 16.2. The number of aromatic amines is 1. The summed E-state index contributed by atoms with van der Waals surface area (Å²) < 4.78 is 0. The number of aldehydes is 1. The molecule has 0 saturated carbocycles. The molecule has 1 saturated heterocycles. The number of anilines is 1. The fourth-order valence-electron chi connectivity index (χ4n) is 3.98. The molecule has 1 aliphatic rings. The largest absolute Gasteiger partial charge is 0.351 e. The second kappa shape index (κ2) is 10.9. The van der Waals surface area contributed by atoms with Crippen molar-refractivity contribution in [2.45, 2.75) is 46.2 Å². The average Bonchev–Trinajstić information content (AvgIpc) is 3.24. The Hall–Kier alpha value is -3.78. The van der Waals surface area contributed by atoms with Crippen molar-refractivity contribution in [1.29, 1.82) is 0 Å². The van der Waals surface area contributed by atoms with E-state index in [1.54, 1.807) is 36.2 Å². The maximum Gasteiger partial charge on any atom is 0.272 e. The van der Waals surface area contributed by atoms with Gasteiger partial charge in [0.2, 0.25) is 11.8 Å². The number of imide groups is 1. The van der Waals surface area contributed by atoms with Gasteiger partial charge in [0, 0.05) is 35.1 Å². The van der Waals surface area contributed by atoms with Crippen LogP contribution in [0.25, 0.3) is 10.9 Å². The van der Waals surface area contributed by atoms with Gasteiger partial charge in [0.05, 0.1) is 6.04 Å². The standard InChI is InChI=1S/C24H24N4O4.C2H6/c1-14-3-4-15-11-20(26-19(15)9-14)23(31)25-18-6-5-16(13-29)17(10-18)12-28(2)21-7-8-22(30)27-24(21)32;1-2/h3-6,9-11,13,21,26H,7-8,12H2,1-2H3,(H,25,31)(H,27,30,32);1-2H3. The lowest BCUT2D eigenvalue weighted by molar-refractivity contribution is -0.137. The molecule has 2 heterocycles. The molecule has 0 radical (unpaired) electrons. The van der Waals surface area contributed by atoms with E-state index >= 15 is 0 Å². The SMILES string of the molecule is CC.Cc1ccc2cc(C(=O)Nc3ccc(C=O)c(CN(C)C4CCC(=O)NC4=O)c3)[nH]c2c1. The van der Waals surface area contributed by atoms with Crippen LogP contribution in [0.3, 0.4) is 0 Å². The molecule has 3 amide bonds. The molecule has 178 valence electrons. The lowest BCUT2D eigenvalue weighted by Gasteiger charge is -2.30. The van der Waals surface area contributed by atoms with Gasteiger partial charge in [-0.25, -0.2) is 0 Å². The summed E-state index contributed by atoms with van der Waals surface area (Å²) in [5.41, 5.74) is 4.12. The fraction of sp³-hybridized carbons (Fsp3) is 0.308. The number of likely N-dealkylation sites (N-methyl/N-ethyl adjacent to an activating group) is 1. The van der Waals surface area contributed by atoms with Gasteiger partial charge in [-0.05, 0) is 61.9 Å². The van der Waals surface area contributed by atoms with Gasteiger partial charge >= 0.3 is 0 Å². The summed E-state index contributed by atoms with van der Waals surface area (Å²) in [6.45, 7) is 6.30. The van der Waals surface area contributed by atoms with Gasteiger partial charge in [0.15, 0.2) is 0 Å². The molecule has 1 aromatic heterocycles. The Bertz CT molecular complexity index is 1230. The molecular weight excluding hydrogens is 432 g/mol. The van der Waals surface area contributed by atoms with Gasteiger partial charge in [-0.15, -0.1) is 0 Å². The monoisotopic (exact) mass is 462 g/mol. The normalized spacial score (nSPS) is 15.5. The van der Waals surface area contributed by atoms with Gasteiger partial charge < -0.3 is 10.3 Å². The minimum Gasteiger partial charge on any atom is -0.351 e. The zero-order chi connectivity index (χ0) is 24.8. The Balaban J connectivity index is 0.00000158. The first-order valence-electron chi connectivity index (χ1n) is 11.4. The maximum absolute atomic E-state index is 12.8. The summed E-state index contributed by atoms with van der Waals surface area (Å²) in [7, 11) is 1.77. The number of aryl methyl sites for hydroxylation is 1. The maximum atomic E-state index is 12.8. The van der Waals surface area contributed by atoms with Crippen LogP contribution in [0.15, 0.2) is 42.5 Å². The van der Waals surface area contributed by atoms with Gasteiger partial charge in [0.25, 0.3) is 5.91 Å². The van der Waals surface area contributed by atoms with Crippen LogP contribution in [0.2, 0.25) is 0 Å². The number of rotatable bonds is 6. The molecule has 1 unspecified atom stereocenters. The number of benzene rings is 2. The number of fused-ring (bicyclic) bond motifs is 1. The van der Waals surface area contributed by atoms with Crippen molar-refractivity contribution >= 4 is 40.6 Å². The molecule has 8 heteroatoms. The van der Waals surface area contributed by atoms with Crippen LogP contribution in [0.5, 0.6) is 0 Å². The van der Waals surface area contributed by atoms with Crippen molar-refractivity contribution in [3.8, 4) is 0 Å². The lowest BCUT2D eigenvalue weighted by Crippen LogP contribution is -2.51. The molecule has 1 fully saturated rings. The molecule has 1 aliphatic heterocycles. The number of hydrogen-bond acceptors (Lipinski definition) is 5. The topological polar surface area (TPSA) is 111 Å². The first-order chi connectivity index (χ1) is 16.3. The van der Waals surface area contributed by atoms with Crippen molar-refractivity contribution in [3.63, 3.8) is 0 Å². The summed E-state index contributed by atoms with van der Waals surface area (Å²) in [5.74, 6) is -0.901. The minimum atomic E-state index is -0.458. The third kappa shape index (κ3) is 5.58. The van der Waals surface area contributed by atoms with E-state index in [0.29, 0.717) is 35.5 Å². The molecule has 4 rings (SSSR count). The van der Waals surface area contributed by atoms with E-state index in [4.69, 9.17) is 0 Å². The van der Waals surface area contributed by atoms with E-state index in [1.807, 2.05) is 39.0 Å². The van der Waals surface area contributed by atoms with Crippen molar-refractivity contribution in [3.05, 3.63) is 64.8 Å². The van der Waals surface area contributed by atoms with Crippen molar-refractivity contribution in [2.24, 2.45) is 0 Å². The van der Waals surface area contributed by atoms with Crippen LogP contribution >= 0.6 is 0 Å². The summed E-state index contributed by atoms with van der Waals surface area (Å²) in [5, 5.41) is 6.16. The molecule has 0 bridgehead atoms. The number of nitrogens with zero attached hydrogens (tertiary/aromatic N) is 1. The third-order valence-corrected chi connectivity index (χ3v) is 5.71. The minimum absolute atomic E-state index is 0.273. The highest BCUT2D eigenvalue weighted by Crippen LogP contribution is 2.21. The molecule has 3 aromatic rings. The predicted octanol–water partition coefficient (Wildman–Crippen LogP) is 3.80. The van der Waals surface area contributed by atoms with Gasteiger partial charge in [-0.2, -0.15) is 0 Å². The zero-order valence-electron chi connectivity index (χ0n) is 19.9. The van der Waals surface area contributed by atoms with Crippen molar-refractivity contribution < 1.29 is 19.2 Å². The molecule has 3 N–H and O–H groups in total. The number of carbonyl (C=O) groups is 4. The Kier molecular flexibility index (Phi) is 7.96. The molecule has 8 nitrogen and oxygen atoms in total. The Morgan fingerprint density at radius 1 is 1.15 bits per heavy atom. The van der Waals surface area contributed by atoms with E-state index in [1.165, 1.54) is 0 Å². The summed E-state index contributed by atoms with van der Waals surface area (Å²) in [4.78, 5) is 52.8. The number of aromatic nitrogens is 1. The third-order valence-electron chi connectivity index (χ3n) is 5.71. The smallest absolute Gasteiger partial charge is 0.272 e. The zero-order valence-corrected chi connectivity index (χ0v) is 19.9. The van der Waals surface area contributed by atoms with Crippen LogP contribution in [0, 0.1) is 6.92 Å². The number of H-pyrrole nitrogens is 1. The van der Waals surface area contributed by atoms with E-state index < -0.39 is 6.04 Å². The lowest BCUT2D eigenvalue weighted by atomic mass is 10.0. The molecule has 34 heavy (non-hydrogen) atoms.